The molecule has 1 atom stereocenters. The third kappa shape index (κ3) is 1.84. The first kappa shape index (κ1) is 10.4. The van der Waals surface area contributed by atoms with Crippen LogP contribution in [-0.2, 0) is 23.8 Å². The van der Waals surface area contributed by atoms with E-state index in [0.29, 0.717) is 6.42 Å². The Hall–Kier alpha value is -1.10. The van der Waals surface area contributed by atoms with E-state index in [-0.39, 0.29) is 12.5 Å². The van der Waals surface area contributed by atoms with E-state index in [4.69, 9.17) is 14.2 Å². The molecule has 0 N–H and O–H groups in total. The lowest BCUT2D eigenvalue weighted by Crippen LogP contribution is -2.55. The maximum Gasteiger partial charge on any atom is 0.320 e. The van der Waals surface area contributed by atoms with Crippen LogP contribution < -0.4 is 0 Å². The van der Waals surface area contributed by atoms with Crippen molar-refractivity contribution in [2.24, 2.45) is 0 Å². The molecule has 0 bridgehead atoms. The average molecular weight is 214 g/mol. The van der Waals surface area contributed by atoms with Crippen LogP contribution in [-0.4, -0.2) is 30.9 Å². The van der Waals surface area contributed by atoms with E-state index in [2.05, 4.69) is 0 Å². The molecule has 2 fully saturated rings. The van der Waals surface area contributed by atoms with E-state index in [9.17, 15) is 9.59 Å². The molecular weight excluding hydrogens is 200 g/mol. The predicted octanol–water partition coefficient (Wildman–Crippen LogP) is 0.762. The van der Waals surface area contributed by atoms with Crippen LogP contribution >= 0.6 is 0 Å². The molecule has 1 unspecified atom stereocenters. The van der Waals surface area contributed by atoms with Crippen LogP contribution in [0, 0.1) is 0 Å². The standard InChI is InChI=1S/C10H14O5/c1-13-7-4-2-3-5-10(7)14-8(11)6-9(12)15-10/h7H,2-6H2,1H3. The van der Waals surface area contributed by atoms with Crippen LogP contribution in [0.1, 0.15) is 32.1 Å². The molecule has 15 heavy (non-hydrogen) atoms. The molecule has 0 amide bonds. The fourth-order valence-electron chi connectivity index (χ4n) is 2.21. The van der Waals surface area contributed by atoms with Gasteiger partial charge in [-0.3, -0.25) is 9.59 Å². The molecule has 1 aliphatic carbocycles. The molecule has 1 spiro atoms. The Morgan fingerprint density at radius 1 is 1.27 bits per heavy atom. The summed E-state index contributed by atoms with van der Waals surface area (Å²) < 4.78 is 15.6. The van der Waals surface area contributed by atoms with Gasteiger partial charge >= 0.3 is 11.9 Å². The first-order chi connectivity index (χ1) is 7.16. The summed E-state index contributed by atoms with van der Waals surface area (Å²) >= 11 is 0. The van der Waals surface area contributed by atoms with Crippen molar-refractivity contribution in [2.45, 2.75) is 44.0 Å². The zero-order valence-electron chi connectivity index (χ0n) is 8.65. The third-order valence-electron chi connectivity index (χ3n) is 2.88. The van der Waals surface area contributed by atoms with Crippen molar-refractivity contribution in [3.63, 3.8) is 0 Å². The van der Waals surface area contributed by atoms with Crippen LogP contribution in [0.4, 0.5) is 0 Å². The Balaban J connectivity index is 2.20. The van der Waals surface area contributed by atoms with Crippen molar-refractivity contribution >= 4 is 11.9 Å². The molecule has 0 radical (unpaired) electrons. The summed E-state index contributed by atoms with van der Waals surface area (Å²) in [5.41, 5.74) is 0. The summed E-state index contributed by atoms with van der Waals surface area (Å²) in [5, 5.41) is 0. The largest absolute Gasteiger partial charge is 0.419 e. The molecule has 2 aliphatic rings. The topological polar surface area (TPSA) is 61.8 Å². The van der Waals surface area contributed by atoms with E-state index in [0.717, 1.165) is 19.3 Å². The lowest BCUT2D eigenvalue weighted by atomic mass is 9.90. The fourth-order valence-corrected chi connectivity index (χ4v) is 2.21. The van der Waals surface area contributed by atoms with Gasteiger partial charge in [0.05, 0.1) is 0 Å². The minimum atomic E-state index is -1.15. The van der Waals surface area contributed by atoms with Gasteiger partial charge in [-0.05, 0) is 12.8 Å². The zero-order chi connectivity index (χ0) is 10.9. The van der Waals surface area contributed by atoms with Gasteiger partial charge in [-0.1, -0.05) is 6.42 Å². The summed E-state index contributed by atoms with van der Waals surface area (Å²) in [5.74, 6) is -2.19. The fraction of sp³-hybridized carbons (Fsp3) is 0.800. The molecule has 1 saturated carbocycles. The van der Waals surface area contributed by atoms with Crippen molar-refractivity contribution in [1.29, 1.82) is 0 Å². The van der Waals surface area contributed by atoms with Crippen LogP contribution in [0.5, 0.6) is 0 Å². The second-order valence-electron chi connectivity index (χ2n) is 3.91. The smallest absolute Gasteiger partial charge is 0.320 e. The molecule has 5 nitrogen and oxygen atoms in total. The molecule has 84 valence electrons. The molecule has 0 aromatic carbocycles. The van der Waals surface area contributed by atoms with Gasteiger partial charge < -0.3 is 14.2 Å². The van der Waals surface area contributed by atoms with Gasteiger partial charge in [-0.2, -0.15) is 0 Å². The van der Waals surface area contributed by atoms with E-state index in [1.807, 2.05) is 0 Å². The Bertz CT molecular complexity index is 270. The Labute approximate surface area is 87.7 Å². The highest BCUT2D eigenvalue weighted by Crippen LogP contribution is 2.37. The highest BCUT2D eigenvalue weighted by atomic mass is 16.8. The minimum Gasteiger partial charge on any atom is -0.419 e. The van der Waals surface area contributed by atoms with E-state index >= 15 is 0 Å². The van der Waals surface area contributed by atoms with Crippen LogP contribution in [0.3, 0.4) is 0 Å². The van der Waals surface area contributed by atoms with Gasteiger partial charge in [0.2, 0.25) is 0 Å². The number of rotatable bonds is 1. The Morgan fingerprint density at radius 3 is 2.53 bits per heavy atom. The Morgan fingerprint density at radius 2 is 1.93 bits per heavy atom. The first-order valence-electron chi connectivity index (χ1n) is 5.13. The van der Waals surface area contributed by atoms with E-state index in [1.54, 1.807) is 0 Å². The van der Waals surface area contributed by atoms with Gasteiger partial charge in [0.1, 0.15) is 12.5 Å². The molecule has 2 rings (SSSR count). The molecule has 0 aromatic heterocycles. The Kier molecular flexibility index (Phi) is 2.65. The molecular formula is C10H14O5. The van der Waals surface area contributed by atoms with Gasteiger partial charge in [0.25, 0.3) is 5.79 Å². The zero-order valence-corrected chi connectivity index (χ0v) is 8.65. The van der Waals surface area contributed by atoms with Crippen LogP contribution in [0.15, 0.2) is 0 Å². The summed E-state index contributed by atoms with van der Waals surface area (Å²) in [4.78, 5) is 22.5. The second kappa shape index (κ2) is 3.81. The number of methoxy groups -OCH3 is 1. The highest BCUT2D eigenvalue weighted by molar-refractivity contribution is 5.93. The van der Waals surface area contributed by atoms with Gasteiger partial charge in [0, 0.05) is 13.5 Å². The number of carbonyl (C=O) groups is 2. The minimum absolute atomic E-state index is 0.293. The monoisotopic (exact) mass is 214 g/mol. The van der Waals surface area contributed by atoms with Crippen molar-refractivity contribution in [3.05, 3.63) is 0 Å². The quantitative estimate of drug-likeness (QED) is 0.476. The lowest BCUT2D eigenvalue weighted by Gasteiger charge is -2.42. The highest BCUT2D eigenvalue weighted by Gasteiger charge is 2.51. The summed E-state index contributed by atoms with van der Waals surface area (Å²) in [7, 11) is 1.54. The average Bonchev–Trinajstić information content (AvgIpc) is 2.16. The van der Waals surface area contributed by atoms with E-state index in [1.165, 1.54) is 7.11 Å². The van der Waals surface area contributed by atoms with Crippen LogP contribution in [0.2, 0.25) is 0 Å². The number of ether oxygens (including phenoxy) is 3. The van der Waals surface area contributed by atoms with Crippen molar-refractivity contribution < 1.29 is 23.8 Å². The van der Waals surface area contributed by atoms with Crippen LogP contribution in [0.25, 0.3) is 0 Å². The molecule has 0 aromatic rings. The third-order valence-corrected chi connectivity index (χ3v) is 2.88. The molecule has 1 heterocycles. The van der Waals surface area contributed by atoms with Gasteiger partial charge in [-0.15, -0.1) is 0 Å². The number of hydrogen-bond donors (Lipinski definition) is 0. The number of carbonyl (C=O) groups excluding carboxylic acids is 2. The predicted molar refractivity (Wildman–Crippen MR) is 48.8 cm³/mol. The SMILES string of the molecule is COC1CCCCC12OC(=O)CC(=O)O2. The molecule has 1 saturated heterocycles. The number of hydrogen-bond acceptors (Lipinski definition) is 5. The molecule has 1 aliphatic heterocycles. The van der Waals surface area contributed by atoms with Gasteiger partial charge in [0.15, 0.2) is 0 Å². The van der Waals surface area contributed by atoms with Crippen molar-refractivity contribution in [2.75, 3.05) is 7.11 Å². The number of esters is 2. The normalized spacial score (nSPS) is 29.8. The maximum atomic E-state index is 11.2. The van der Waals surface area contributed by atoms with E-state index < -0.39 is 17.7 Å². The lowest BCUT2D eigenvalue weighted by molar-refractivity contribution is -0.287. The van der Waals surface area contributed by atoms with Crippen molar-refractivity contribution in [1.82, 2.24) is 0 Å². The summed E-state index contributed by atoms with van der Waals surface area (Å²) in [6.07, 6.45) is 2.52. The van der Waals surface area contributed by atoms with Crippen molar-refractivity contribution in [3.8, 4) is 0 Å². The second-order valence-corrected chi connectivity index (χ2v) is 3.91. The summed E-state index contributed by atoms with van der Waals surface area (Å²) in [6, 6.07) is 0. The molecule has 5 heteroatoms. The maximum absolute atomic E-state index is 11.2. The first-order valence-corrected chi connectivity index (χ1v) is 5.13. The van der Waals surface area contributed by atoms with Gasteiger partial charge in [-0.25, -0.2) is 0 Å². The summed E-state index contributed by atoms with van der Waals surface area (Å²) in [6.45, 7) is 0.